The molecular weight excluding hydrogens is 560 g/mol. The van der Waals surface area contributed by atoms with Crippen molar-refractivity contribution < 1.29 is 0 Å². The first-order valence-electron chi connectivity index (χ1n) is 15.6. The Hall–Kier alpha value is -6.26. The summed E-state index contributed by atoms with van der Waals surface area (Å²) in [4.78, 5) is 2.46. The molecule has 0 bridgehead atoms. The van der Waals surface area contributed by atoms with Crippen LogP contribution in [0.25, 0.3) is 49.8 Å². The first-order valence-corrected chi connectivity index (χ1v) is 15.6. The maximum Gasteiger partial charge on any atom is 0.0723 e. The van der Waals surface area contributed by atoms with Crippen LogP contribution in [0.3, 0.4) is 0 Å². The molecule has 0 aliphatic rings. The zero-order valence-corrected chi connectivity index (χ0v) is 25.1. The molecule has 0 unspecified atom stereocenters. The summed E-state index contributed by atoms with van der Waals surface area (Å²) in [6, 6.07) is 58.0. The van der Waals surface area contributed by atoms with E-state index in [4.69, 9.17) is 0 Å². The van der Waals surface area contributed by atoms with Gasteiger partial charge in [0.05, 0.1) is 33.6 Å². The van der Waals surface area contributed by atoms with Crippen molar-refractivity contribution in [3.63, 3.8) is 0 Å². The van der Waals surface area contributed by atoms with Crippen LogP contribution < -0.4 is 4.90 Å². The topological polar surface area (TPSA) is 18.0 Å². The second-order valence-electron chi connectivity index (χ2n) is 11.5. The van der Waals surface area contributed by atoms with Crippen molar-refractivity contribution >= 4 is 49.8 Å². The maximum absolute atomic E-state index is 2.46. The fourth-order valence-electron chi connectivity index (χ4n) is 6.82. The molecule has 3 aromatic heterocycles. The molecule has 0 aliphatic carbocycles. The second kappa shape index (κ2) is 10.7. The van der Waals surface area contributed by atoms with Gasteiger partial charge in [0.15, 0.2) is 0 Å². The fraction of sp³-hybridized carbons (Fsp3) is 0. The average Bonchev–Trinajstić information content (AvgIpc) is 3.83. The number of para-hydroxylation sites is 6. The predicted molar refractivity (Wildman–Crippen MR) is 192 cm³/mol. The van der Waals surface area contributed by atoms with Crippen LogP contribution in [0.15, 0.2) is 182 Å². The molecule has 0 spiro atoms. The summed E-state index contributed by atoms with van der Waals surface area (Å²) in [6.45, 7) is 0. The highest BCUT2D eigenvalue weighted by atomic mass is 15.2. The molecule has 4 nitrogen and oxygen atoms in total. The number of aromatic nitrogens is 3. The Morgan fingerprint density at radius 3 is 0.848 bits per heavy atom. The third-order valence-electron chi connectivity index (χ3n) is 8.90. The van der Waals surface area contributed by atoms with Gasteiger partial charge in [-0.3, -0.25) is 0 Å². The van der Waals surface area contributed by atoms with Crippen LogP contribution in [0, 0.1) is 0 Å². The molecule has 0 radical (unpaired) electrons. The van der Waals surface area contributed by atoms with Gasteiger partial charge >= 0.3 is 0 Å². The molecule has 3 heterocycles. The van der Waals surface area contributed by atoms with Crippen molar-refractivity contribution in [3.8, 4) is 17.1 Å². The van der Waals surface area contributed by atoms with Crippen LogP contribution in [-0.2, 0) is 0 Å². The van der Waals surface area contributed by atoms with Crippen molar-refractivity contribution in [1.29, 1.82) is 0 Å². The van der Waals surface area contributed by atoms with E-state index in [1.165, 1.54) is 16.2 Å². The lowest BCUT2D eigenvalue weighted by atomic mass is 10.1. The van der Waals surface area contributed by atoms with E-state index >= 15 is 0 Å². The summed E-state index contributed by atoms with van der Waals surface area (Å²) in [7, 11) is 0. The molecule has 0 atom stereocenters. The Balaban J connectivity index is 1.39. The number of rotatable bonds is 6. The Labute approximate surface area is 267 Å². The van der Waals surface area contributed by atoms with E-state index in [2.05, 4.69) is 201 Å². The molecule has 9 aromatic rings. The van der Waals surface area contributed by atoms with Crippen LogP contribution >= 0.6 is 0 Å². The Morgan fingerprint density at radius 1 is 0.283 bits per heavy atom. The van der Waals surface area contributed by atoms with E-state index < -0.39 is 0 Å². The number of hydrogen-bond donors (Lipinski definition) is 0. The first-order chi connectivity index (χ1) is 22.8. The van der Waals surface area contributed by atoms with Crippen molar-refractivity contribution in [3.05, 3.63) is 182 Å². The van der Waals surface area contributed by atoms with Gasteiger partial charge in [0.1, 0.15) is 0 Å². The van der Waals surface area contributed by atoms with Crippen LogP contribution in [0.4, 0.5) is 17.1 Å². The van der Waals surface area contributed by atoms with E-state index in [-0.39, 0.29) is 0 Å². The van der Waals surface area contributed by atoms with Gasteiger partial charge in [-0.1, -0.05) is 109 Å². The van der Waals surface area contributed by atoms with Gasteiger partial charge in [-0.2, -0.15) is 0 Å². The summed E-state index contributed by atoms with van der Waals surface area (Å²) in [5, 5.41) is 3.54. The second-order valence-corrected chi connectivity index (χ2v) is 11.5. The highest BCUT2D eigenvalue weighted by molar-refractivity contribution is 6.09. The molecule has 218 valence electrons. The van der Waals surface area contributed by atoms with Gasteiger partial charge in [-0.15, -0.1) is 0 Å². The summed E-state index contributed by atoms with van der Waals surface area (Å²) in [5.41, 5.74) is 10.2. The minimum absolute atomic E-state index is 1.12. The van der Waals surface area contributed by atoms with E-state index in [0.717, 1.165) is 50.7 Å². The smallest absolute Gasteiger partial charge is 0.0723 e. The predicted octanol–water partition coefficient (Wildman–Crippen LogP) is 11.0. The van der Waals surface area contributed by atoms with E-state index in [9.17, 15) is 0 Å². The Bertz CT molecular complexity index is 2190. The molecule has 0 fully saturated rings. The summed E-state index contributed by atoms with van der Waals surface area (Å²) in [6.07, 6.45) is 6.88. The number of fused-ring (bicyclic) bond motifs is 3. The lowest BCUT2D eigenvalue weighted by molar-refractivity contribution is 1.10. The van der Waals surface area contributed by atoms with Crippen molar-refractivity contribution in [2.24, 2.45) is 0 Å². The summed E-state index contributed by atoms with van der Waals surface area (Å²) < 4.78 is 6.93. The van der Waals surface area contributed by atoms with E-state index in [1.54, 1.807) is 0 Å². The van der Waals surface area contributed by atoms with Crippen LogP contribution in [-0.4, -0.2) is 13.7 Å². The zero-order chi connectivity index (χ0) is 30.5. The number of nitrogens with zero attached hydrogens (tertiary/aromatic N) is 4. The van der Waals surface area contributed by atoms with Crippen molar-refractivity contribution in [2.45, 2.75) is 0 Å². The molecule has 0 aliphatic heterocycles. The monoisotopic (exact) mass is 590 g/mol. The highest BCUT2D eigenvalue weighted by Crippen LogP contribution is 2.47. The largest absolute Gasteiger partial charge is 0.314 e. The SMILES string of the molecule is c1ccc(-n2cc(N(c3cn(-c4ccccc4)c4ccccc34)c3cn(-c4ccccc4)c4ccccc34)c3ccccc32)cc1. The van der Waals surface area contributed by atoms with Gasteiger partial charge < -0.3 is 18.6 Å². The van der Waals surface area contributed by atoms with Gasteiger partial charge in [0, 0.05) is 51.8 Å². The molecule has 0 amide bonds. The molecule has 0 saturated heterocycles. The Kier molecular flexibility index (Phi) is 6.10. The molecule has 6 aromatic carbocycles. The molecule has 9 rings (SSSR count). The van der Waals surface area contributed by atoms with Crippen molar-refractivity contribution in [2.75, 3.05) is 4.90 Å². The van der Waals surface area contributed by atoms with Gasteiger partial charge in [-0.25, -0.2) is 0 Å². The summed E-state index contributed by atoms with van der Waals surface area (Å²) >= 11 is 0. The zero-order valence-electron chi connectivity index (χ0n) is 25.1. The molecule has 4 heteroatoms. The van der Waals surface area contributed by atoms with E-state index in [0.29, 0.717) is 0 Å². The molecule has 0 N–H and O–H groups in total. The normalized spacial score (nSPS) is 11.5. The first kappa shape index (κ1) is 26.2. The van der Waals surface area contributed by atoms with Crippen LogP contribution in [0.1, 0.15) is 0 Å². The number of anilines is 3. The molecule has 46 heavy (non-hydrogen) atoms. The lowest BCUT2D eigenvalue weighted by Crippen LogP contribution is -2.09. The summed E-state index contributed by atoms with van der Waals surface area (Å²) in [5.74, 6) is 0. The lowest BCUT2D eigenvalue weighted by Gasteiger charge is -2.23. The van der Waals surface area contributed by atoms with Crippen molar-refractivity contribution in [1.82, 2.24) is 13.7 Å². The minimum atomic E-state index is 1.12. The number of benzene rings is 6. The quantitative estimate of drug-likeness (QED) is 0.188. The fourth-order valence-corrected chi connectivity index (χ4v) is 6.82. The van der Waals surface area contributed by atoms with Gasteiger partial charge in [0.25, 0.3) is 0 Å². The van der Waals surface area contributed by atoms with Crippen LogP contribution in [0.5, 0.6) is 0 Å². The number of hydrogen-bond acceptors (Lipinski definition) is 1. The molecular formula is C42H30N4. The maximum atomic E-state index is 2.46. The average molecular weight is 591 g/mol. The highest BCUT2D eigenvalue weighted by Gasteiger charge is 2.26. The Morgan fingerprint density at radius 2 is 0.543 bits per heavy atom. The third kappa shape index (κ3) is 4.15. The minimum Gasteiger partial charge on any atom is -0.314 e. The molecule has 0 saturated carbocycles. The van der Waals surface area contributed by atoms with E-state index in [1.807, 2.05) is 0 Å². The third-order valence-corrected chi connectivity index (χ3v) is 8.90. The van der Waals surface area contributed by atoms with Gasteiger partial charge in [-0.05, 0) is 54.6 Å². The van der Waals surface area contributed by atoms with Gasteiger partial charge in [0.2, 0.25) is 0 Å². The standard InChI is InChI=1S/C42H30N4/c1-4-16-31(17-5-1)43-28-40(34-22-10-13-25-37(34)43)46(41-29-44(32-18-6-2-7-19-32)38-26-14-11-23-35(38)41)42-30-45(33-20-8-3-9-21-33)39-27-15-12-24-36(39)42/h1-30H. The van der Waals surface area contributed by atoms with Crippen LogP contribution in [0.2, 0.25) is 0 Å².